The smallest absolute Gasteiger partial charge is 0.263 e. The summed E-state index contributed by atoms with van der Waals surface area (Å²) >= 11 is -1.36. The zero-order chi connectivity index (χ0) is 18.8. The third-order valence-electron chi connectivity index (χ3n) is 4.94. The lowest BCUT2D eigenvalue weighted by molar-refractivity contribution is 0.0985. The van der Waals surface area contributed by atoms with Crippen LogP contribution in [0.1, 0.15) is 22.8 Å². The molecule has 3 aromatic carbocycles. The average molecular weight is 373 g/mol. The number of benzene rings is 3. The zero-order valence-electron chi connectivity index (χ0n) is 15.2. The van der Waals surface area contributed by atoms with Crippen LogP contribution in [0.2, 0.25) is 0 Å². The molecule has 3 nitrogen and oxygen atoms in total. The van der Waals surface area contributed by atoms with Gasteiger partial charge >= 0.3 is 0 Å². The van der Waals surface area contributed by atoms with Crippen LogP contribution in [0, 0.1) is 0 Å². The maximum Gasteiger partial charge on any atom is 0.263 e. The Hall–Kier alpha value is -2.50. The summed E-state index contributed by atoms with van der Waals surface area (Å²) in [6, 6.07) is 23.5. The van der Waals surface area contributed by atoms with Crippen LogP contribution >= 0.6 is 0 Å². The van der Waals surface area contributed by atoms with E-state index in [4.69, 9.17) is 0 Å². The van der Waals surface area contributed by atoms with Gasteiger partial charge in [-0.3, -0.25) is 4.79 Å². The van der Waals surface area contributed by atoms with E-state index in [0.717, 1.165) is 24.7 Å². The Morgan fingerprint density at radius 2 is 1.70 bits per heavy atom. The van der Waals surface area contributed by atoms with Gasteiger partial charge in [0.2, 0.25) is 0 Å². The molecule has 0 aliphatic carbocycles. The number of hydrogen-bond acceptors (Lipinski definition) is 2. The van der Waals surface area contributed by atoms with Gasteiger partial charge in [0.15, 0.2) is 17.1 Å². The van der Waals surface area contributed by atoms with Crippen molar-refractivity contribution in [2.75, 3.05) is 11.4 Å². The number of fused-ring (bicyclic) bond motifs is 2. The molecule has 0 fully saturated rings. The number of carbonyl (C=O) groups excluding carboxylic acids is 1. The molecular weight excluding hydrogens is 353 g/mol. The van der Waals surface area contributed by atoms with Crippen molar-refractivity contribution in [1.82, 2.24) is 0 Å². The minimum absolute atomic E-state index is 0.0830. The van der Waals surface area contributed by atoms with E-state index >= 15 is 0 Å². The Morgan fingerprint density at radius 3 is 2.48 bits per heavy atom. The fourth-order valence-corrected chi connectivity index (χ4v) is 4.86. The van der Waals surface area contributed by atoms with E-state index in [1.54, 1.807) is 17.0 Å². The summed E-state index contributed by atoms with van der Waals surface area (Å²) in [4.78, 5) is 16.1. The molecule has 0 aromatic heterocycles. The summed E-state index contributed by atoms with van der Waals surface area (Å²) in [5, 5.41) is 0. The second-order valence-electron chi connectivity index (χ2n) is 6.60. The molecular formula is C22H20BNO2S. The Labute approximate surface area is 163 Å². The highest BCUT2D eigenvalue weighted by molar-refractivity contribution is 7.91. The van der Waals surface area contributed by atoms with Gasteiger partial charge in [0.1, 0.15) is 0 Å². The van der Waals surface area contributed by atoms with Crippen LogP contribution in [0.4, 0.5) is 5.69 Å². The number of carbonyl (C=O) groups is 1. The van der Waals surface area contributed by atoms with Gasteiger partial charge in [-0.05, 0) is 37.5 Å². The Morgan fingerprint density at radius 1 is 0.963 bits per heavy atom. The minimum Gasteiger partial charge on any atom is -0.606 e. The van der Waals surface area contributed by atoms with Gasteiger partial charge in [0.25, 0.3) is 5.91 Å². The highest BCUT2D eigenvalue weighted by Gasteiger charge is 2.34. The molecule has 1 atom stereocenters. The topological polar surface area (TPSA) is 43.4 Å². The number of rotatable bonds is 4. The van der Waals surface area contributed by atoms with E-state index in [1.807, 2.05) is 55.5 Å². The summed E-state index contributed by atoms with van der Waals surface area (Å²) in [5.74, 6) is -0.0830. The van der Waals surface area contributed by atoms with Gasteiger partial charge in [-0.15, -0.1) is 0 Å². The van der Waals surface area contributed by atoms with Crippen molar-refractivity contribution in [3.63, 3.8) is 0 Å². The third-order valence-corrected chi connectivity index (χ3v) is 6.44. The van der Waals surface area contributed by atoms with Crippen LogP contribution in [0.5, 0.6) is 0 Å². The summed E-state index contributed by atoms with van der Waals surface area (Å²) in [6.07, 6.45) is 0.934. The zero-order valence-corrected chi connectivity index (χ0v) is 16.0. The van der Waals surface area contributed by atoms with E-state index in [0.29, 0.717) is 21.9 Å². The fourth-order valence-electron chi connectivity index (χ4n) is 3.51. The summed E-state index contributed by atoms with van der Waals surface area (Å²) in [5.41, 5.74) is 3.72. The van der Waals surface area contributed by atoms with Crippen LogP contribution < -0.4 is 10.4 Å². The molecule has 3 aromatic rings. The molecule has 5 heteroatoms. The number of hydrogen-bond donors (Lipinski definition) is 0. The predicted molar refractivity (Wildman–Crippen MR) is 112 cm³/mol. The quantitative estimate of drug-likeness (QED) is 0.521. The molecule has 0 bridgehead atoms. The molecule has 4 rings (SSSR count). The van der Waals surface area contributed by atoms with Crippen molar-refractivity contribution in [1.29, 1.82) is 0 Å². The fraction of sp³-hybridized carbons (Fsp3) is 0.136. The molecule has 27 heavy (non-hydrogen) atoms. The van der Waals surface area contributed by atoms with Gasteiger partial charge in [-0.25, -0.2) is 0 Å². The number of amides is 1. The molecule has 1 heterocycles. The minimum atomic E-state index is -1.36. The molecule has 134 valence electrons. The molecule has 1 amide bonds. The molecule has 0 saturated carbocycles. The highest BCUT2D eigenvalue weighted by Crippen LogP contribution is 2.35. The first-order chi connectivity index (χ1) is 13.2. The van der Waals surface area contributed by atoms with Crippen molar-refractivity contribution in [2.24, 2.45) is 0 Å². The first-order valence-electron chi connectivity index (χ1n) is 9.18. The van der Waals surface area contributed by atoms with Crippen LogP contribution in [0.15, 0.2) is 82.6 Å². The van der Waals surface area contributed by atoms with E-state index in [2.05, 4.69) is 12.1 Å². The number of nitrogens with zero attached hydrogens (tertiary/aromatic N) is 1. The van der Waals surface area contributed by atoms with E-state index < -0.39 is 11.2 Å². The van der Waals surface area contributed by atoms with Crippen molar-refractivity contribution in [2.45, 2.75) is 23.0 Å². The lowest BCUT2D eigenvalue weighted by Gasteiger charge is -2.20. The van der Waals surface area contributed by atoms with Gasteiger partial charge in [-0.2, -0.15) is 0 Å². The third kappa shape index (κ3) is 3.40. The summed E-state index contributed by atoms with van der Waals surface area (Å²) < 4.78 is 13.2. The van der Waals surface area contributed by atoms with Crippen molar-refractivity contribution in [3.05, 3.63) is 83.9 Å². The predicted octanol–water partition coefficient (Wildman–Crippen LogP) is 3.10. The van der Waals surface area contributed by atoms with Gasteiger partial charge < -0.3 is 9.45 Å². The molecule has 0 spiro atoms. The molecule has 1 aliphatic rings. The largest absolute Gasteiger partial charge is 0.606 e. The Bertz CT molecular complexity index is 977. The number of anilines is 1. The first-order valence-corrected chi connectivity index (χ1v) is 10.3. The maximum atomic E-state index is 13.2. The van der Waals surface area contributed by atoms with Crippen molar-refractivity contribution < 1.29 is 9.35 Å². The Balaban J connectivity index is 1.71. The van der Waals surface area contributed by atoms with Crippen LogP contribution in [-0.4, -0.2) is 24.3 Å². The lowest BCUT2D eigenvalue weighted by Crippen LogP contribution is -2.31. The maximum absolute atomic E-state index is 13.2. The van der Waals surface area contributed by atoms with Crippen LogP contribution in [0.25, 0.3) is 0 Å². The van der Waals surface area contributed by atoms with E-state index in [1.165, 1.54) is 5.56 Å². The van der Waals surface area contributed by atoms with Crippen LogP contribution in [0.3, 0.4) is 0 Å². The molecule has 0 saturated heterocycles. The molecule has 1 aliphatic heterocycles. The summed E-state index contributed by atoms with van der Waals surface area (Å²) in [7, 11) is 0.878. The van der Waals surface area contributed by atoms with Gasteiger partial charge in [-0.1, -0.05) is 59.6 Å². The second kappa shape index (κ2) is 7.63. The molecule has 0 N–H and O–H groups in total. The highest BCUT2D eigenvalue weighted by atomic mass is 32.2. The molecule has 0 radical (unpaired) electrons. The second-order valence-corrected chi connectivity index (χ2v) is 8.02. The SMILES string of the molecule is CCN1C(=O)c2ccccc2[S+]([O-])c2ccc(BCc3ccccc3)cc21. The van der Waals surface area contributed by atoms with Crippen molar-refractivity contribution in [3.8, 4) is 0 Å². The first kappa shape index (κ1) is 17.9. The standard InChI is InChI=1S/C22H20BNO2S/c1-2-24-19-14-17(23-15-16-8-4-3-5-9-16)12-13-21(19)27(26)20-11-7-6-10-18(20)22(24)25/h3-14,23H,2,15H2,1H3. The average Bonchev–Trinajstić information content (AvgIpc) is 2.81. The van der Waals surface area contributed by atoms with Crippen molar-refractivity contribution >= 4 is 35.5 Å². The monoisotopic (exact) mass is 373 g/mol. The van der Waals surface area contributed by atoms with Gasteiger partial charge in [0, 0.05) is 17.7 Å². The van der Waals surface area contributed by atoms with Crippen LogP contribution in [-0.2, 0) is 17.5 Å². The lowest BCUT2D eigenvalue weighted by atomic mass is 9.65. The van der Waals surface area contributed by atoms with Gasteiger partial charge in [0.05, 0.1) is 11.3 Å². The molecule has 1 unspecified atom stereocenters. The normalized spacial score (nSPS) is 15.7. The summed E-state index contributed by atoms with van der Waals surface area (Å²) in [6.45, 7) is 2.49. The Kier molecular flexibility index (Phi) is 5.06. The van der Waals surface area contributed by atoms with E-state index in [9.17, 15) is 9.35 Å². The van der Waals surface area contributed by atoms with E-state index in [-0.39, 0.29) is 5.91 Å².